The van der Waals surface area contributed by atoms with Gasteiger partial charge in [0.1, 0.15) is 17.3 Å². The number of fused-ring (bicyclic) bond motifs is 2. The molecule has 1 aliphatic carbocycles. The molecule has 0 unspecified atom stereocenters. The van der Waals surface area contributed by atoms with E-state index in [1.807, 2.05) is 24.3 Å². The van der Waals surface area contributed by atoms with Crippen molar-refractivity contribution >= 4 is 5.78 Å². The minimum Gasteiger partial charge on any atom is -0.497 e. The molecule has 3 nitrogen and oxygen atoms in total. The molecule has 1 aliphatic heterocycles. The first kappa shape index (κ1) is 10.8. The van der Waals surface area contributed by atoms with Crippen LogP contribution in [0.2, 0.25) is 0 Å². The zero-order valence-electron chi connectivity index (χ0n) is 9.97. The third-order valence-corrected chi connectivity index (χ3v) is 3.03. The van der Waals surface area contributed by atoms with Crippen LogP contribution in [0.1, 0.15) is 16.8 Å². The molecule has 2 aliphatic rings. The fourth-order valence-corrected chi connectivity index (χ4v) is 2.07. The highest BCUT2D eigenvalue weighted by atomic mass is 16.5. The van der Waals surface area contributed by atoms with Gasteiger partial charge in [-0.1, -0.05) is 12.1 Å². The lowest BCUT2D eigenvalue weighted by molar-refractivity contribution is 0.104. The number of carbonyl (C=O) groups excluding carboxylic acids is 1. The number of ketones is 1. The van der Waals surface area contributed by atoms with Crippen molar-refractivity contribution in [1.29, 1.82) is 0 Å². The zero-order valence-corrected chi connectivity index (χ0v) is 9.97. The van der Waals surface area contributed by atoms with Crippen molar-refractivity contribution < 1.29 is 14.3 Å². The van der Waals surface area contributed by atoms with Crippen molar-refractivity contribution in [3.05, 3.63) is 65.1 Å². The smallest absolute Gasteiger partial charge is 0.190 e. The van der Waals surface area contributed by atoms with Crippen LogP contribution >= 0.6 is 0 Å². The summed E-state index contributed by atoms with van der Waals surface area (Å²) in [6, 6.07) is 7.27. The highest BCUT2D eigenvalue weighted by Crippen LogP contribution is 2.32. The average molecular weight is 240 g/mol. The Labute approximate surface area is 105 Å². The first-order valence-corrected chi connectivity index (χ1v) is 5.76. The van der Waals surface area contributed by atoms with E-state index >= 15 is 0 Å². The van der Waals surface area contributed by atoms with Gasteiger partial charge in [0.15, 0.2) is 5.78 Å². The highest BCUT2D eigenvalue weighted by molar-refractivity contribution is 6.07. The van der Waals surface area contributed by atoms with Crippen LogP contribution in [0.4, 0.5) is 0 Å². The molecular weight excluding hydrogens is 228 g/mol. The van der Waals surface area contributed by atoms with E-state index in [0.29, 0.717) is 23.5 Å². The molecule has 0 radical (unpaired) electrons. The summed E-state index contributed by atoms with van der Waals surface area (Å²) in [6.07, 6.45) is 6.03. The second kappa shape index (κ2) is 4.18. The summed E-state index contributed by atoms with van der Waals surface area (Å²) in [5.74, 6) is 2.03. The third-order valence-electron chi connectivity index (χ3n) is 3.03. The van der Waals surface area contributed by atoms with Crippen LogP contribution in [0.25, 0.3) is 0 Å². The van der Waals surface area contributed by atoms with Crippen molar-refractivity contribution in [2.75, 3.05) is 7.11 Å². The minimum atomic E-state index is -0.0155. The Morgan fingerprint density at radius 1 is 1.22 bits per heavy atom. The van der Waals surface area contributed by atoms with E-state index in [-0.39, 0.29) is 5.78 Å². The van der Waals surface area contributed by atoms with Gasteiger partial charge in [-0.05, 0) is 30.7 Å². The van der Waals surface area contributed by atoms with Crippen molar-refractivity contribution in [3.63, 3.8) is 0 Å². The zero-order chi connectivity index (χ0) is 12.5. The standard InChI is InChI=1S/C15H12O3/c1-17-11-7-6-10-8-13(16)12-4-2-3-5-14(12)18-15(10)9-11/h2-5,7-9H,6H2,1H3. The highest BCUT2D eigenvalue weighted by Gasteiger charge is 2.22. The second-order valence-electron chi connectivity index (χ2n) is 4.16. The molecule has 0 amide bonds. The fourth-order valence-electron chi connectivity index (χ4n) is 2.07. The number of methoxy groups -OCH3 is 1. The molecule has 0 atom stereocenters. The Balaban J connectivity index is 2.09. The molecule has 0 saturated carbocycles. The molecule has 0 fully saturated rings. The molecule has 18 heavy (non-hydrogen) atoms. The van der Waals surface area contributed by atoms with Gasteiger partial charge in [-0.15, -0.1) is 0 Å². The molecule has 3 rings (SSSR count). The summed E-state index contributed by atoms with van der Waals surface area (Å²) in [6.45, 7) is 0. The van der Waals surface area contributed by atoms with Crippen LogP contribution < -0.4 is 4.74 Å². The quantitative estimate of drug-likeness (QED) is 0.757. The molecule has 0 N–H and O–H groups in total. The first-order chi connectivity index (χ1) is 8.78. The van der Waals surface area contributed by atoms with Gasteiger partial charge in [-0.3, -0.25) is 4.79 Å². The monoisotopic (exact) mass is 240 g/mol. The number of hydrogen-bond acceptors (Lipinski definition) is 3. The molecule has 1 aromatic carbocycles. The number of allylic oxidation sites excluding steroid dienone is 4. The molecular formula is C15H12O3. The van der Waals surface area contributed by atoms with E-state index in [0.717, 1.165) is 11.3 Å². The summed E-state index contributed by atoms with van der Waals surface area (Å²) in [5.41, 5.74) is 1.48. The predicted octanol–water partition coefficient (Wildman–Crippen LogP) is 3.01. The normalized spacial score (nSPS) is 17.4. The van der Waals surface area contributed by atoms with Gasteiger partial charge in [0.25, 0.3) is 0 Å². The number of rotatable bonds is 1. The Bertz CT molecular complexity index is 606. The third kappa shape index (κ3) is 1.74. The van der Waals surface area contributed by atoms with Crippen LogP contribution in [-0.2, 0) is 4.74 Å². The van der Waals surface area contributed by atoms with Crippen LogP contribution in [0.5, 0.6) is 5.75 Å². The molecule has 1 aromatic rings. The number of carbonyl (C=O) groups is 1. The van der Waals surface area contributed by atoms with Crippen molar-refractivity contribution in [3.8, 4) is 5.75 Å². The van der Waals surface area contributed by atoms with Crippen LogP contribution in [0.3, 0.4) is 0 Å². The lowest BCUT2D eigenvalue weighted by atomic mass is 10.0. The topological polar surface area (TPSA) is 35.5 Å². The van der Waals surface area contributed by atoms with Crippen LogP contribution in [0, 0.1) is 0 Å². The van der Waals surface area contributed by atoms with Gasteiger partial charge in [0, 0.05) is 11.6 Å². The molecule has 0 saturated heterocycles. The molecule has 0 spiro atoms. The van der Waals surface area contributed by atoms with Gasteiger partial charge in [-0.25, -0.2) is 0 Å². The van der Waals surface area contributed by atoms with Gasteiger partial charge >= 0.3 is 0 Å². The summed E-state index contributed by atoms with van der Waals surface area (Å²) in [4.78, 5) is 12.1. The Hall–Kier alpha value is -2.29. The summed E-state index contributed by atoms with van der Waals surface area (Å²) >= 11 is 0. The molecule has 90 valence electrons. The maximum Gasteiger partial charge on any atom is 0.190 e. The lowest BCUT2D eigenvalue weighted by Crippen LogP contribution is -2.03. The van der Waals surface area contributed by atoms with Crippen molar-refractivity contribution in [1.82, 2.24) is 0 Å². The van der Waals surface area contributed by atoms with Crippen molar-refractivity contribution in [2.24, 2.45) is 0 Å². The Morgan fingerprint density at radius 3 is 2.89 bits per heavy atom. The summed E-state index contributed by atoms with van der Waals surface area (Å²) in [7, 11) is 1.62. The number of hydrogen-bond donors (Lipinski definition) is 0. The second-order valence-corrected chi connectivity index (χ2v) is 4.16. The van der Waals surface area contributed by atoms with Crippen molar-refractivity contribution in [2.45, 2.75) is 6.42 Å². The SMILES string of the molecule is COC1=CCC2=CC(=O)c3ccccc3OC2=C1. The van der Waals surface area contributed by atoms with Gasteiger partial charge in [-0.2, -0.15) is 0 Å². The van der Waals surface area contributed by atoms with E-state index in [4.69, 9.17) is 9.47 Å². The van der Waals surface area contributed by atoms with Gasteiger partial charge in [0.05, 0.1) is 12.7 Å². The van der Waals surface area contributed by atoms with Crippen LogP contribution in [0.15, 0.2) is 59.6 Å². The molecule has 0 aromatic heterocycles. The molecule has 0 bridgehead atoms. The number of para-hydroxylation sites is 1. The Kier molecular flexibility index (Phi) is 2.52. The maximum absolute atomic E-state index is 12.1. The predicted molar refractivity (Wildman–Crippen MR) is 67.3 cm³/mol. The number of benzene rings is 1. The van der Waals surface area contributed by atoms with E-state index in [1.54, 1.807) is 25.3 Å². The largest absolute Gasteiger partial charge is 0.497 e. The minimum absolute atomic E-state index is 0.0155. The summed E-state index contributed by atoms with van der Waals surface area (Å²) in [5, 5.41) is 0. The van der Waals surface area contributed by atoms with E-state index in [2.05, 4.69) is 0 Å². The van der Waals surface area contributed by atoms with Crippen LogP contribution in [-0.4, -0.2) is 12.9 Å². The average Bonchev–Trinajstić information content (AvgIpc) is 2.54. The molecule has 3 heteroatoms. The molecule has 1 heterocycles. The maximum atomic E-state index is 12.1. The Morgan fingerprint density at radius 2 is 2.06 bits per heavy atom. The first-order valence-electron chi connectivity index (χ1n) is 5.76. The number of ether oxygens (including phenoxy) is 2. The van der Waals surface area contributed by atoms with E-state index < -0.39 is 0 Å². The van der Waals surface area contributed by atoms with E-state index in [9.17, 15) is 4.79 Å². The van der Waals surface area contributed by atoms with E-state index in [1.165, 1.54) is 0 Å². The van der Waals surface area contributed by atoms with Gasteiger partial charge < -0.3 is 9.47 Å². The lowest BCUT2D eigenvalue weighted by Gasteiger charge is -2.15. The van der Waals surface area contributed by atoms with Gasteiger partial charge in [0.2, 0.25) is 0 Å². The summed E-state index contributed by atoms with van der Waals surface area (Å²) < 4.78 is 11.0. The fraction of sp³-hybridized carbons (Fsp3) is 0.133.